The lowest BCUT2D eigenvalue weighted by atomic mass is 10.2. The molecule has 1 amide bonds. The molecule has 1 aromatic heterocycles. The first-order valence-electron chi connectivity index (χ1n) is 7.46. The molecule has 7 nitrogen and oxygen atoms in total. The summed E-state index contributed by atoms with van der Waals surface area (Å²) in [6, 6.07) is 10.3. The normalized spacial score (nSPS) is 16.0. The van der Waals surface area contributed by atoms with E-state index < -0.39 is 4.92 Å². The molecule has 9 heteroatoms. The van der Waals surface area contributed by atoms with Gasteiger partial charge in [0.15, 0.2) is 4.32 Å². The minimum Gasteiger partial charge on any atom is -0.401 e. The van der Waals surface area contributed by atoms with Gasteiger partial charge in [0, 0.05) is 0 Å². The number of rotatable bonds is 5. The first-order valence-corrected chi connectivity index (χ1v) is 8.69. The van der Waals surface area contributed by atoms with Crippen molar-refractivity contribution in [2.75, 3.05) is 5.43 Å². The fourth-order valence-electron chi connectivity index (χ4n) is 2.10. The summed E-state index contributed by atoms with van der Waals surface area (Å²) in [5, 5.41) is 11.9. The van der Waals surface area contributed by atoms with Crippen LogP contribution in [-0.4, -0.2) is 20.2 Å². The smallest absolute Gasteiger partial charge is 0.401 e. The number of carbonyl (C=O) groups is 1. The zero-order valence-electron chi connectivity index (χ0n) is 13.5. The number of hydrogen-bond acceptors (Lipinski definition) is 7. The molecule has 26 heavy (non-hydrogen) atoms. The molecule has 2 aromatic rings. The Hall–Kier alpha value is -2.91. The standard InChI is InChI=1S/C17H13N3O4S2/c1-11-5-7-12(8-6-11)18-19-16(21)14(26-17(19)25)4-2-3-13-9-10-15(24-13)20(22)23/h2-10,18H,1H3/b3-2+,14-4+. The summed E-state index contributed by atoms with van der Waals surface area (Å²) in [5.41, 5.74) is 4.86. The highest BCUT2D eigenvalue weighted by Crippen LogP contribution is 2.31. The number of nitro groups is 1. The molecule has 0 saturated carbocycles. The number of aryl methyl sites for hydroxylation is 1. The van der Waals surface area contributed by atoms with Crippen LogP contribution in [0.3, 0.4) is 0 Å². The van der Waals surface area contributed by atoms with Gasteiger partial charge >= 0.3 is 5.88 Å². The van der Waals surface area contributed by atoms with Crippen molar-refractivity contribution in [1.29, 1.82) is 0 Å². The van der Waals surface area contributed by atoms with E-state index in [2.05, 4.69) is 5.43 Å². The maximum Gasteiger partial charge on any atom is 0.433 e. The van der Waals surface area contributed by atoms with Gasteiger partial charge in [-0.15, -0.1) is 0 Å². The molecule has 3 rings (SSSR count). The highest BCUT2D eigenvalue weighted by Gasteiger charge is 2.32. The molecule has 132 valence electrons. The van der Waals surface area contributed by atoms with E-state index in [-0.39, 0.29) is 11.8 Å². The van der Waals surface area contributed by atoms with Crippen LogP contribution in [0.4, 0.5) is 11.6 Å². The first-order chi connectivity index (χ1) is 12.4. The predicted molar refractivity (Wildman–Crippen MR) is 104 cm³/mol. The Morgan fingerprint density at radius 3 is 2.65 bits per heavy atom. The molecule has 1 aliphatic heterocycles. The molecular weight excluding hydrogens is 374 g/mol. The second kappa shape index (κ2) is 7.54. The third-order valence-electron chi connectivity index (χ3n) is 3.39. The van der Waals surface area contributed by atoms with Crippen LogP contribution in [0.5, 0.6) is 0 Å². The van der Waals surface area contributed by atoms with Crippen molar-refractivity contribution in [2.24, 2.45) is 0 Å². The second-order valence-corrected chi connectivity index (χ2v) is 6.99. The van der Waals surface area contributed by atoms with Gasteiger partial charge in [0.2, 0.25) is 0 Å². The number of carbonyl (C=O) groups excluding carboxylic acids is 1. The Kier molecular flexibility index (Phi) is 5.19. The molecule has 1 N–H and O–H groups in total. The molecule has 0 atom stereocenters. The van der Waals surface area contributed by atoms with Crippen molar-refractivity contribution in [3.05, 3.63) is 74.9 Å². The summed E-state index contributed by atoms with van der Waals surface area (Å²) in [5.74, 6) is -0.282. The van der Waals surface area contributed by atoms with E-state index in [0.717, 1.165) is 11.3 Å². The van der Waals surface area contributed by atoms with Crippen LogP contribution >= 0.6 is 24.0 Å². The van der Waals surface area contributed by atoms with Crippen LogP contribution < -0.4 is 5.43 Å². The number of amides is 1. The Morgan fingerprint density at radius 1 is 1.27 bits per heavy atom. The van der Waals surface area contributed by atoms with Crippen LogP contribution in [0.2, 0.25) is 0 Å². The van der Waals surface area contributed by atoms with E-state index in [0.29, 0.717) is 15.0 Å². The van der Waals surface area contributed by atoms with Gasteiger partial charge in [-0.05, 0) is 49.5 Å². The zero-order valence-corrected chi connectivity index (χ0v) is 15.2. The van der Waals surface area contributed by atoms with Crippen molar-refractivity contribution in [2.45, 2.75) is 6.92 Å². The monoisotopic (exact) mass is 387 g/mol. The van der Waals surface area contributed by atoms with Gasteiger partial charge in [-0.25, -0.2) is 5.01 Å². The van der Waals surface area contributed by atoms with Gasteiger partial charge in [0.05, 0.1) is 16.7 Å². The molecule has 1 aliphatic rings. The highest BCUT2D eigenvalue weighted by molar-refractivity contribution is 8.26. The fraction of sp³-hybridized carbons (Fsp3) is 0.0588. The van der Waals surface area contributed by atoms with E-state index in [4.69, 9.17) is 16.6 Å². The van der Waals surface area contributed by atoms with Crippen LogP contribution in [0.1, 0.15) is 11.3 Å². The predicted octanol–water partition coefficient (Wildman–Crippen LogP) is 4.28. The summed E-state index contributed by atoms with van der Waals surface area (Å²) < 4.78 is 5.40. The fourth-order valence-corrected chi connectivity index (χ4v) is 3.23. The minimum atomic E-state index is -0.612. The molecule has 0 bridgehead atoms. The van der Waals surface area contributed by atoms with Gasteiger partial charge in [-0.3, -0.25) is 20.3 Å². The van der Waals surface area contributed by atoms with E-state index >= 15 is 0 Å². The lowest BCUT2D eigenvalue weighted by Crippen LogP contribution is -2.33. The van der Waals surface area contributed by atoms with E-state index in [1.165, 1.54) is 35.0 Å². The minimum absolute atomic E-state index is 0.268. The van der Waals surface area contributed by atoms with Gasteiger partial charge < -0.3 is 4.42 Å². The Morgan fingerprint density at radius 2 is 2.00 bits per heavy atom. The molecule has 0 radical (unpaired) electrons. The number of benzene rings is 1. The zero-order chi connectivity index (χ0) is 18.7. The van der Waals surface area contributed by atoms with Crippen molar-refractivity contribution in [3.63, 3.8) is 0 Å². The first kappa shape index (κ1) is 17.9. The number of thioether (sulfide) groups is 1. The van der Waals surface area contributed by atoms with Crippen LogP contribution in [0, 0.1) is 17.0 Å². The number of furan rings is 1. The molecule has 1 saturated heterocycles. The summed E-state index contributed by atoms with van der Waals surface area (Å²) in [4.78, 5) is 22.9. The van der Waals surface area contributed by atoms with Gasteiger partial charge in [-0.2, -0.15) is 0 Å². The molecule has 1 fully saturated rings. The summed E-state index contributed by atoms with van der Waals surface area (Å²) in [7, 11) is 0. The van der Waals surface area contributed by atoms with Crippen LogP contribution in [0.25, 0.3) is 6.08 Å². The molecule has 1 aromatic carbocycles. The van der Waals surface area contributed by atoms with Gasteiger partial charge in [0.1, 0.15) is 10.7 Å². The number of hydrogen-bond donors (Lipinski definition) is 1. The van der Waals surface area contributed by atoms with Crippen molar-refractivity contribution < 1.29 is 14.1 Å². The Bertz CT molecular complexity index is 932. The second-order valence-electron chi connectivity index (χ2n) is 5.31. The number of allylic oxidation sites excluding steroid dienone is 2. The lowest BCUT2D eigenvalue weighted by Gasteiger charge is -2.17. The number of nitrogens with one attached hydrogen (secondary N) is 1. The van der Waals surface area contributed by atoms with Crippen molar-refractivity contribution in [3.8, 4) is 0 Å². The van der Waals surface area contributed by atoms with Crippen LogP contribution in [-0.2, 0) is 4.79 Å². The molecule has 2 heterocycles. The number of anilines is 1. The molecule has 0 spiro atoms. The average Bonchev–Trinajstić information content (AvgIpc) is 3.18. The van der Waals surface area contributed by atoms with Crippen LogP contribution in [0.15, 0.2) is 57.9 Å². The quantitative estimate of drug-likeness (QED) is 0.354. The lowest BCUT2D eigenvalue weighted by molar-refractivity contribution is -0.402. The number of nitrogens with zero attached hydrogens (tertiary/aromatic N) is 2. The average molecular weight is 387 g/mol. The van der Waals surface area contributed by atoms with E-state index in [1.54, 1.807) is 12.2 Å². The van der Waals surface area contributed by atoms with Crippen molar-refractivity contribution >= 4 is 51.9 Å². The van der Waals surface area contributed by atoms with E-state index in [1.807, 2.05) is 31.2 Å². The maximum absolute atomic E-state index is 12.5. The summed E-state index contributed by atoms with van der Waals surface area (Å²) in [6.45, 7) is 1.98. The summed E-state index contributed by atoms with van der Waals surface area (Å²) in [6.07, 6.45) is 4.71. The number of thiocarbonyl (C=S) groups is 1. The Labute approximate surface area is 158 Å². The Balaban J connectivity index is 1.69. The third-order valence-corrected chi connectivity index (χ3v) is 4.71. The van der Waals surface area contributed by atoms with E-state index in [9.17, 15) is 14.9 Å². The molecular formula is C17H13N3O4S2. The maximum atomic E-state index is 12.5. The number of hydrazine groups is 1. The largest absolute Gasteiger partial charge is 0.433 e. The molecule has 0 unspecified atom stereocenters. The van der Waals surface area contributed by atoms with Crippen molar-refractivity contribution in [1.82, 2.24) is 5.01 Å². The topological polar surface area (TPSA) is 88.6 Å². The van der Waals surface area contributed by atoms with Gasteiger partial charge in [-0.1, -0.05) is 35.5 Å². The van der Waals surface area contributed by atoms with Gasteiger partial charge in [0.25, 0.3) is 5.91 Å². The third kappa shape index (κ3) is 4.01. The molecule has 0 aliphatic carbocycles. The highest BCUT2D eigenvalue weighted by atomic mass is 32.2. The summed E-state index contributed by atoms with van der Waals surface area (Å²) >= 11 is 6.41. The SMILES string of the molecule is Cc1ccc(NN2C(=O)/C(=C\C=C\c3ccc([N+](=O)[O-])o3)SC2=S)cc1.